The van der Waals surface area contributed by atoms with Crippen molar-refractivity contribution in [2.45, 2.75) is 40.7 Å². The summed E-state index contributed by atoms with van der Waals surface area (Å²) in [6.45, 7) is 9.69. The van der Waals surface area contributed by atoms with E-state index in [1.54, 1.807) is 20.6 Å². The Morgan fingerprint density at radius 3 is 2.62 bits per heavy atom. The molecule has 0 aromatic carbocycles. The van der Waals surface area contributed by atoms with Crippen molar-refractivity contribution in [3.63, 3.8) is 0 Å². The lowest BCUT2D eigenvalue weighted by Gasteiger charge is -2.23. The molecule has 3 amide bonds. The molecule has 3 fully saturated rings. The Labute approximate surface area is 233 Å². The lowest BCUT2D eigenvalue weighted by atomic mass is 10.0. The second-order valence-electron chi connectivity index (χ2n) is 10.9. The van der Waals surface area contributed by atoms with Crippen LogP contribution in [0.5, 0.6) is 0 Å². The number of fused-ring (bicyclic) bond motifs is 2. The van der Waals surface area contributed by atoms with E-state index in [1.807, 2.05) is 45.9 Å². The van der Waals surface area contributed by atoms with Crippen molar-refractivity contribution in [2.24, 2.45) is 23.2 Å². The Morgan fingerprint density at radius 2 is 1.95 bits per heavy atom. The summed E-state index contributed by atoms with van der Waals surface area (Å²) in [6.07, 6.45) is 2.60. The third-order valence-corrected chi connectivity index (χ3v) is 10.2. The number of halogens is 1. The quantitative estimate of drug-likeness (QED) is 0.256. The summed E-state index contributed by atoms with van der Waals surface area (Å²) in [6, 6.07) is 5.96. The van der Waals surface area contributed by atoms with Gasteiger partial charge in [-0.15, -0.1) is 11.3 Å². The van der Waals surface area contributed by atoms with Crippen molar-refractivity contribution < 1.29 is 14.4 Å². The van der Waals surface area contributed by atoms with Gasteiger partial charge in [-0.25, -0.2) is 3.11 Å². The van der Waals surface area contributed by atoms with Crippen molar-refractivity contribution in [3.8, 4) is 11.1 Å². The molecular weight excluding hydrogens is 601 g/mol. The van der Waals surface area contributed by atoms with Crippen molar-refractivity contribution in [3.05, 3.63) is 40.7 Å². The summed E-state index contributed by atoms with van der Waals surface area (Å²) >= 11 is 3.66. The number of pyridine rings is 2. The van der Waals surface area contributed by atoms with Crippen molar-refractivity contribution in [1.82, 2.24) is 20.2 Å². The largest absolute Gasteiger partial charge is 0.316 e. The van der Waals surface area contributed by atoms with E-state index >= 15 is 0 Å². The van der Waals surface area contributed by atoms with Crippen molar-refractivity contribution in [1.29, 1.82) is 0 Å². The number of rotatable bonds is 5. The van der Waals surface area contributed by atoms with Gasteiger partial charge < -0.3 is 5.32 Å². The van der Waals surface area contributed by atoms with Gasteiger partial charge >= 0.3 is 0 Å². The van der Waals surface area contributed by atoms with Crippen LogP contribution >= 0.6 is 34.2 Å². The fourth-order valence-corrected chi connectivity index (χ4v) is 8.14. The highest BCUT2D eigenvalue weighted by Crippen LogP contribution is 2.63. The van der Waals surface area contributed by atoms with Crippen LogP contribution in [-0.2, 0) is 20.9 Å². The van der Waals surface area contributed by atoms with Crippen molar-refractivity contribution >= 4 is 67.8 Å². The minimum Gasteiger partial charge on any atom is -0.316 e. The molecule has 1 saturated carbocycles. The van der Waals surface area contributed by atoms with Crippen LogP contribution in [0, 0.1) is 37.0 Å². The number of aryl methyl sites for hydroxylation is 2. The Kier molecular flexibility index (Phi) is 5.92. The van der Waals surface area contributed by atoms with Crippen LogP contribution in [0.4, 0.5) is 5.69 Å². The van der Waals surface area contributed by atoms with Gasteiger partial charge in [0.2, 0.25) is 17.7 Å². The second-order valence-corrected chi connectivity index (χ2v) is 13.0. The first-order chi connectivity index (χ1) is 17.6. The average molecular weight is 630 g/mol. The third-order valence-electron chi connectivity index (χ3n) is 8.05. The molecule has 8 nitrogen and oxygen atoms in total. The lowest BCUT2D eigenvalue weighted by Crippen LogP contribution is -2.35. The zero-order valence-corrected chi connectivity index (χ0v) is 24.1. The normalized spacial score (nSPS) is 24.1. The van der Waals surface area contributed by atoms with Crippen LogP contribution in [0.15, 0.2) is 24.4 Å². The number of thiophene rings is 1. The van der Waals surface area contributed by atoms with E-state index in [1.165, 1.54) is 4.90 Å². The number of hydrogen-bond acceptors (Lipinski definition) is 7. The number of hydrogen-bond donors (Lipinski definition) is 1. The second kappa shape index (κ2) is 8.81. The number of amides is 3. The highest BCUT2D eigenvalue weighted by atomic mass is 127. The van der Waals surface area contributed by atoms with E-state index < -0.39 is 0 Å². The monoisotopic (exact) mass is 629 g/mol. The zero-order chi connectivity index (χ0) is 26.2. The number of likely N-dealkylation sites (tertiary alicyclic amines) is 1. The summed E-state index contributed by atoms with van der Waals surface area (Å²) in [5, 5.41) is 3.28. The van der Waals surface area contributed by atoms with Crippen LogP contribution in [0.1, 0.15) is 36.5 Å². The number of aromatic nitrogens is 2. The standard InChI is InChI=1S/C27H28IN5O3S/c1-13-9-18(22(14(2)31-13)33(28)24(34)15-5-7-29-11-15)17-6-8-30-19-10-16(37-23(17)19)12-32-25(35)20-21(26(32)36)27(20,3)4/h6,8-10,15,20-21,29H,5,7,11-12H2,1-4H3/t15-,20?,21?/m1/s1. The summed E-state index contributed by atoms with van der Waals surface area (Å²) in [5.41, 5.74) is 4.94. The maximum Gasteiger partial charge on any atom is 0.240 e. The highest BCUT2D eigenvalue weighted by molar-refractivity contribution is 14.1. The van der Waals surface area contributed by atoms with E-state index in [2.05, 4.69) is 38.1 Å². The first kappa shape index (κ1) is 24.9. The van der Waals surface area contributed by atoms with Gasteiger partial charge in [0.25, 0.3) is 0 Å². The lowest BCUT2D eigenvalue weighted by molar-refractivity contribution is -0.143. The van der Waals surface area contributed by atoms with Crippen LogP contribution < -0.4 is 8.43 Å². The van der Waals surface area contributed by atoms with E-state index in [4.69, 9.17) is 0 Å². The maximum absolute atomic E-state index is 13.3. The van der Waals surface area contributed by atoms with Gasteiger partial charge in [0.05, 0.1) is 68.8 Å². The average Bonchev–Trinajstić information content (AvgIpc) is 3.32. The Balaban J connectivity index is 1.38. The molecule has 2 unspecified atom stereocenters. The zero-order valence-electron chi connectivity index (χ0n) is 21.2. The van der Waals surface area contributed by atoms with Gasteiger partial charge in [-0.1, -0.05) is 13.8 Å². The molecule has 6 rings (SSSR count). The van der Waals surface area contributed by atoms with Gasteiger partial charge in [-0.2, -0.15) is 0 Å². The Morgan fingerprint density at radius 1 is 1.22 bits per heavy atom. The van der Waals surface area contributed by atoms with Crippen LogP contribution in [0.3, 0.4) is 0 Å². The van der Waals surface area contributed by atoms with Crippen LogP contribution in [0.2, 0.25) is 0 Å². The predicted molar refractivity (Wildman–Crippen MR) is 151 cm³/mol. The minimum atomic E-state index is -0.218. The van der Waals surface area contributed by atoms with E-state index in [-0.39, 0.29) is 47.4 Å². The van der Waals surface area contributed by atoms with Gasteiger partial charge in [-0.05, 0) is 50.4 Å². The van der Waals surface area contributed by atoms with Gasteiger partial charge in [0.1, 0.15) is 0 Å². The van der Waals surface area contributed by atoms with Gasteiger partial charge in [0, 0.05) is 34.4 Å². The first-order valence-electron chi connectivity index (χ1n) is 12.5. The molecule has 10 heteroatoms. The SMILES string of the molecule is Cc1cc(-c2ccnc3cc(CN4C(=O)C5C(C4=O)C5(C)C)sc23)c(N(I)C(=O)[C@@H]2CCNC2)c(C)n1. The number of piperidine rings is 1. The number of imide groups is 1. The molecule has 5 heterocycles. The fourth-order valence-electron chi connectivity index (χ4n) is 6.00. The molecule has 3 aromatic rings. The Hall–Kier alpha value is -2.44. The molecule has 3 atom stereocenters. The van der Waals surface area contributed by atoms with E-state index in [0.29, 0.717) is 6.54 Å². The number of anilines is 1. The van der Waals surface area contributed by atoms with Crippen LogP contribution in [0.25, 0.3) is 21.3 Å². The number of carbonyl (C=O) groups excluding carboxylic acids is 3. The third kappa shape index (κ3) is 3.90. The summed E-state index contributed by atoms with van der Waals surface area (Å²) in [5.74, 6) is -0.470. The highest BCUT2D eigenvalue weighted by Gasteiger charge is 2.72. The summed E-state index contributed by atoms with van der Waals surface area (Å²) < 4.78 is 2.69. The van der Waals surface area contributed by atoms with E-state index in [9.17, 15) is 14.4 Å². The molecule has 0 radical (unpaired) electrons. The molecule has 0 bridgehead atoms. The molecule has 3 aliphatic rings. The van der Waals surface area contributed by atoms with Crippen molar-refractivity contribution in [2.75, 3.05) is 16.2 Å². The van der Waals surface area contributed by atoms with Gasteiger partial charge in [0.15, 0.2) is 0 Å². The van der Waals surface area contributed by atoms with Crippen LogP contribution in [-0.4, -0.2) is 45.7 Å². The molecule has 1 aliphatic carbocycles. The topological polar surface area (TPSA) is 95.5 Å². The first-order valence-corrected chi connectivity index (χ1v) is 14.3. The summed E-state index contributed by atoms with van der Waals surface area (Å²) in [4.78, 5) is 50.7. The maximum atomic E-state index is 13.3. The Bertz CT molecular complexity index is 1450. The number of nitrogens with one attached hydrogen (secondary N) is 1. The molecule has 1 N–H and O–H groups in total. The van der Waals surface area contributed by atoms with Gasteiger partial charge in [-0.3, -0.25) is 29.3 Å². The summed E-state index contributed by atoms with van der Waals surface area (Å²) in [7, 11) is 0. The molecule has 37 heavy (non-hydrogen) atoms. The fraction of sp³-hybridized carbons (Fsp3) is 0.444. The molecule has 192 valence electrons. The number of carbonyl (C=O) groups is 3. The molecule has 2 aliphatic heterocycles. The molecule has 2 saturated heterocycles. The molecule has 3 aromatic heterocycles. The molecule has 0 spiro atoms. The number of nitrogens with zero attached hydrogens (tertiary/aromatic N) is 4. The smallest absolute Gasteiger partial charge is 0.240 e. The predicted octanol–water partition coefficient (Wildman–Crippen LogP) is 4.41. The van der Waals surface area contributed by atoms with E-state index in [0.717, 1.165) is 56.3 Å². The molecular formula is C27H28IN5O3S. The minimum absolute atomic E-state index is 0.0528.